The van der Waals surface area contributed by atoms with E-state index in [-0.39, 0.29) is 0 Å². The zero-order valence-electron chi connectivity index (χ0n) is 13.0. The highest BCUT2D eigenvalue weighted by Crippen LogP contribution is 2.18. The molecule has 1 aliphatic rings. The number of nitrogens with zero attached hydrogens (tertiary/aromatic N) is 6. The topological polar surface area (TPSA) is 51.8 Å². The minimum Gasteiger partial charge on any atom is -0.333 e. The third-order valence-electron chi connectivity index (χ3n) is 4.26. The Hall–Kier alpha value is -2.47. The third kappa shape index (κ3) is 3.17. The molecule has 1 aliphatic heterocycles. The number of imidazole rings is 1. The predicted molar refractivity (Wildman–Crippen MR) is 86.5 cm³/mol. The average Bonchev–Trinajstić information content (AvgIpc) is 3.16. The van der Waals surface area contributed by atoms with E-state index in [1.807, 2.05) is 47.8 Å². The van der Waals surface area contributed by atoms with E-state index in [0.29, 0.717) is 0 Å². The average molecular weight is 308 g/mol. The van der Waals surface area contributed by atoms with Gasteiger partial charge in [0.25, 0.3) is 0 Å². The van der Waals surface area contributed by atoms with Crippen LogP contribution in [-0.2, 0) is 26.2 Å². The molecule has 0 bridgehead atoms. The summed E-state index contributed by atoms with van der Waals surface area (Å²) in [4.78, 5) is 11.5. The molecule has 0 radical (unpaired) electrons. The van der Waals surface area contributed by atoms with Gasteiger partial charge in [-0.15, -0.1) is 0 Å². The van der Waals surface area contributed by atoms with Crippen molar-refractivity contribution < 1.29 is 0 Å². The molecule has 0 fully saturated rings. The van der Waals surface area contributed by atoms with Crippen molar-refractivity contribution in [3.8, 4) is 0 Å². The molecule has 3 aromatic heterocycles. The fourth-order valence-corrected chi connectivity index (χ4v) is 3.11. The Balaban J connectivity index is 1.54. The van der Waals surface area contributed by atoms with E-state index >= 15 is 0 Å². The van der Waals surface area contributed by atoms with Crippen molar-refractivity contribution in [3.63, 3.8) is 0 Å². The molecular weight excluding hydrogens is 288 g/mol. The van der Waals surface area contributed by atoms with Crippen molar-refractivity contribution in [1.29, 1.82) is 0 Å². The van der Waals surface area contributed by atoms with E-state index in [1.54, 1.807) is 0 Å². The Morgan fingerprint density at radius 1 is 1.00 bits per heavy atom. The van der Waals surface area contributed by atoms with Crippen LogP contribution in [0.5, 0.6) is 0 Å². The SMILES string of the molecule is c1ccc(CN2CCCn3cnc(Cn4cccn4)c3C2)nc1. The summed E-state index contributed by atoms with van der Waals surface area (Å²) >= 11 is 0. The van der Waals surface area contributed by atoms with Gasteiger partial charge in [-0.2, -0.15) is 5.10 Å². The van der Waals surface area contributed by atoms with Gasteiger partial charge in [0.1, 0.15) is 0 Å². The van der Waals surface area contributed by atoms with E-state index in [9.17, 15) is 0 Å². The van der Waals surface area contributed by atoms with Crippen LogP contribution in [0.15, 0.2) is 49.2 Å². The van der Waals surface area contributed by atoms with E-state index in [0.717, 1.165) is 50.5 Å². The van der Waals surface area contributed by atoms with Crippen molar-refractivity contribution in [1.82, 2.24) is 29.2 Å². The minimum atomic E-state index is 0.729. The molecule has 23 heavy (non-hydrogen) atoms. The maximum atomic E-state index is 4.62. The molecule has 0 saturated heterocycles. The Labute approximate surface area is 135 Å². The van der Waals surface area contributed by atoms with Crippen LogP contribution in [0.25, 0.3) is 0 Å². The zero-order valence-corrected chi connectivity index (χ0v) is 13.0. The molecule has 0 saturated carbocycles. The Kier molecular flexibility index (Phi) is 3.90. The van der Waals surface area contributed by atoms with Gasteiger partial charge >= 0.3 is 0 Å². The smallest absolute Gasteiger partial charge is 0.0952 e. The third-order valence-corrected chi connectivity index (χ3v) is 4.26. The van der Waals surface area contributed by atoms with Gasteiger partial charge in [0, 0.05) is 44.8 Å². The largest absolute Gasteiger partial charge is 0.333 e. The molecule has 0 spiro atoms. The fraction of sp³-hybridized carbons (Fsp3) is 0.353. The summed E-state index contributed by atoms with van der Waals surface area (Å²) in [6.45, 7) is 4.63. The van der Waals surface area contributed by atoms with E-state index in [2.05, 4.69) is 30.6 Å². The molecular formula is C17H20N6. The van der Waals surface area contributed by atoms with Crippen LogP contribution >= 0.6 is 0 Å². The van der Waals surface area contributed by atoms with Gasteiger partial charge in [0.2, 0.25) is 0 Å². The summed E-state index contributed by atoms with van der Waals surface area (Å²) in [7, 11) is 0. The number of hydrogen-bond donors (Lipinski definition) is 0. The van der Waals surface area contributed by atoms with E-state index in [4.69, 9.17) is 0 Å². The van der Waals surface area contributed by atoms with Gasteiger partial charge < -0.3 is 4.57 Å². The van der Waals surface area contributed by atoms with Crippen molar-refractivity contribution in [3.05, 3.63) is 66.3 Å². The Bertz CT molecular complexity index is 747. The highest BCUT2D eigenvalue weighted by Gasteiger charge is 2.19. The molecule has 4 heterocycles. The lowest BCUT2D eigenvalue weighted by molar-refractivity contribution is 0.257. The van der Waals surface area contributed by atoms with Crippen molar-refractivity contribution in [2.24, 2.45) is 0 Å². The molecule has 0 unspecified atom stereocenters. The van der Waals surface area contributed by atoms with Gasteiger partial charge in [-0.1, -0.05) is 6.07 Å². The summed E-state index contributed by atoms with van der Waals surface area (Å²) in [5, 5.41) is 4.29. The number of aromatic nitrogens is 5. The van der Waals surface area contributed by atoms with Gasteiger partial charge in [-0.05, 0) is 24.6 Å². The van der Waals surface area contributed by atoms with Crippen LogP contribution in [0, 0.1) is 0 Å². The lowest BCUT2D eigenvalue weighted by Gasteiger charge is -2.19. The first kappa shape index (κ1) is 14.1. The van der Waals surface area contributed by atoms with E-state index in [1.165, 1.54) is 5.69 Å². The van der Waals surface area contributed by atoms with Gasteiger partial charge in [0.15, 0.2) is 0 Å². The number of fused-ring (bicyclic) bond motifs is 1. The lowest BCUT2D eigenvalue weighted by Crippen LogP contribution is -2.24. The molecule has 0 aromatic carbocycles. The molecule has 3 aromatic rings. The number of aryl methyl sites for hydroxylation is 1. The van der Waals surface area contributed by atoms with Crippen LogP contribution in [-0.4, -0.2) is 35.8 Å². The first-order chi connectivity index (χ1) is 11.4. The van der Waals surface area contributed by atoms with Crippen LogP contribution in [0.4, 0.5) is 0 Å². The maximum Gasteiger partial charge on any atom is 0.0952 e. The quantitative estimate of drug-likeness (QED) is 0.739. The monoisotopic (exact) mass is 308 g/mol. The molecule has 4 rings (SSSR count). The maximum absolute atomic E-state index is 4.62. The molecule has 118 valence electrons. The number of pyridine rings is 1. The minimum absolute atomic E-state index is 0.729. The summed E-state index contributed by atoms with van der Waals surface area (Å²) < 4.78 is 4.22. The standard InChI is InChI=1S/C17H20N6/c1-2-6-18-15(5-1)11-21-8-4-9-22-14-19-16(17(22)13-21)12-23-10-3-7-20-23/h1-3,5-7,10,14H,4,8-9,11-13H2. The second-order valence-electron chi connectivity index (χ2n) is 5.92. The van der Waals surface area contributed by atoms with Crippen LogP contribution < -0.4 is 0 Å². The molecule has 0 aliphatic carbocycles. The molecule has 6 heteroatoms. The summed E-state index contributed by atoms with van der Waals surface area (Å²) in [5.74, 6) is 0. The van der Waals surface area contributed by atoms with E-state index < -0.39 is 0 Å². The first-order valence-electron chi connectivity index (χ1n) is 8.01. The summed E-state index contributed by atoms with van der Waals surface area (Å²) in [6, 6.07) is 8.05. The Morgan fingerprint density at radius 3 is 2.83 bits per heavy atom. The van der Waals surface area contributed by atoms with Crippen LogP contribution in [0.3, 0.4) is 0 Å². The van der Waals surface area contributed by atoms with Gasteiger partial charge in [-0.3, -0.25) is 14.6 Å². The van der Waals surface area contributed by atoms with Crippen molar-refractivity contribution >= 4 is 0 Å². The molecule has 0 atom stereocenters. The van der Waals surface area contributed by atoms with Gasteiger partial charge in [0.05, 0.1) is 30.0 Å². The fourth-order valence-electron chi connectivity index (χ4n) is 3.11. The predicted octanol–water partition coefficient (Wildman–Crippen LogP) is 1.93. The second kappa shape index (κ2) is 6.34. The normalized spacial score (nSPS) is 15.3. The van der Waals surface area contributed by atoms with Crippen molar-refractivity contribution in [2.45, 2.75) is 32.6 Å². The lowest BCUT2D eigenvalue weighted by atomic mass is 10.2. The molecule has 0 N–H and O–H groups in total. The number of rotatable bonds is 4. The molecule has 0 amide bonds. The van der Waals surface area contributed by atoms with Crippen molar-refractivity contribution in [2.75, 3.05) is 6.54 Å². The molecule has 6 nitrogen and oxygen atoms in total. The summed E-state index contributed by atoms with van der Waals surface area (Å²) in [6.07, 6.45) is 8.76. The highest BCUT2D eigenvalue weighted by molar-refractivity contribution is 5.15. The van der Waals surface area contributed by atoms with Crippen LogP contribution in [0.2, 0.25) is 0 Å². The zero-order chi connectivity index (χ0) is 15.5. The van der Waals surface area contributed by atoms with Gasteiger partial charge in [-0.25, -0.2) is 4.98 Å². The van der Waals surface area contributed by atoms with Crippen LogP contribution in [0.1, 0.15) is 23.5 Å². The first-order valence-corrected chi connectivity index (χ1v) is 8.01. The second-order valence-corrected chi connectivity index (χ2v) is 5.92. The highest BCUT2D eigenvalue weighted by atomic mass is 15.3. The Morgan fingerprint density at radius 2 is 2.00 bits per heavy atom. The summed E-state index contributed by atoms with van der Waals surface area (Å²) in [5.41, 5.74) is 3.53. The number of hydrogen-bond acceptors (Lipinski definition) is 4.